The van der Waals surface area contributed by atoms with Crippen LogP contribution < -0.4 is 16.2 Å². The topological polar surface area (TPSA) is 95.0 Å². The maximum absolute atomic E-state index is 12.9. The van der Waals surface area contributed by atoms with Gasteiger partial charge in [-0.1, -0.05) is 48.0 Å². The molecule has 0 bridgehead atoms. The van der Waals surface area contributed by atoms with Crippen LogP contribution in [0.1, 0.15) is 43.0 Å². The summed E-state index contributed by atoms with van der Waals surface area (Å²) in [5.74, 6) is -1.35. The van der Waals surface area contributed by atoms with E-state index < -0.39 is 35.3 Å². The Morgan fingerprint density at radius 1 is 0.614 bits per heavy atom. The van der Waals surface area contributed by atoms with Gasteiger partial charge in [0.2, 0.25) is 0 Å². The minimum absolute atomic E-state index is 0.0782. The molecule has 0 heterocycles. The molecule has 2 amide bonds. The molecule has 4 aromatic rings. The first kappa shape index (κ1) is 31.8. The summed E-state index contributed by atoms with van der Waals surface area (Å²) in [6.07, 6.45) is -6.61. The third-order valence-electron chi connectivity index (χ3n) is 5.90. The van der Waals surface area contributed by atoms with Gasteiger partial charge < -0.3 is 5.32 Å². The van der Waals surface area contributed by atoms with Crippen LogP contribution in [0.4, 0.5) is 37.7 Å². The summed E-state index contributed by atoms with van der Waals surface area (Å²) >= 11 is 6.14. The Morgan fingerprint density at radius 2 is 1.07 bits per heavy atom. The second-order valence-corrected chi connectivity index (χ2v) is 9.43. The molecule has 4 rings (SSSR count). The van der Waals surface area contributed by atoms with Crippen molar-refractivity contribution in [3.05, 3.63) is 129 Å². The van der Waals surface area contributed by atoms with Gasteiger partial charge in [-0.3, -0.25) is 9.59 Å². The monoisotopic (exact) mass is 631 g/mol. The average molecular weight is 632 g/mol. The molecule has 4 aromatic carbocycles. The number of hydrogen-bond acceptors (Lipinski definition) is 5. The molecule has 0 spiro atoms. The van der Waals surface area contributed by atoms with Crippen molar-refractivity contribution in [3.8, 4) is 0 Å². The van der Waals surface area contributed by atoms with Gasteiger partial charge in [0.15, 0.2) is 0 Å². The number of para-hydroxylation sites is 1. The van der Waals surface area contributed by atoms with Gasteiger partial charge >= 0.3 is 12.4 Å². The second-order valence-electron chi connectivity index (χ2n) is 9.00. The number of benzene rings is 4. The Morgan fingerprint density at radius 3 is 1.55 bits per heavy atom. The van der Waals surface area contributed by atoms with Crippen LogP contribution >= 0.6 is 11.6 Å². The van der Waals surface area contributed by atoms with E-state index in [1.54, 1.807) is 18.2 Å². The van der Waals surface area contributed by atoms with Crippen LogP contribution in [-0.4, -0.2) is 24.2 Å². The van der Waals surface area contributed by atoms with E-state index in [9.17, 15) is 35.9 Å². The maximum Gasteiger partial charge on any atom is 0.416 e. The first-order valence-electron chi connectivity index (χ1n) is 12.5. The van der Waals surface area contributed by atoms with Crippen LogP contribution in [0.15, 0.2) is 101 Å². The van der Waals surface area contributed by atoms with Crippen LogP contribution in [0.5, 0.6) is 0 Å². The molecule has 226 valence electrons. The van der Waals surface area contributed by atoms with Crippen LogP contribution in [-0.2, 0) is 12.4 Å². The highest BCUT2D eigenvalue weighted by atomic mass is 35.5. The third-order valence-corrected chi connectivity index (χ3v) is 6.14. The maximum atomic E-state index is 12.9. The van der Waals surface area contributed by atoms with Gasteiger partial charge in [0.05, 0.1) is 46.1 Å². The fraction of sp³-hybridized carbons (Fsp3) is 0.0667. The Bertz CT molecular complexity index is 1700. The number of carbonyl (C=O) groups is 2. The summed E-state index contributed by atoms with van der Waals surface area (Å²) in [5.41, 5.74) is 4.25. The van der Waals surface area contributed by atoms with Crippen LogP contribution in [0.2, 0.25) is 5.02 Å². The summed E-state index contributed by atoms with van der Waals surface area (Å²) in [5, 5.41) is 10.8. The highest BCUT2D eigenvalue weighted by molar-refractivity contribution is 6.31. The molecular formula is C30H20ClF6N5O2. The van der Waals surface area contributed by atoms with E-state index in [0.29, 0.717) is 11.1 Å². The van der Waals surface area contributed by atoms with E-state index in [1.165, 1.54) is 61.0 Å². The summed E-state index contributed by atoms with van der Waals surface area (Å²) in [7, 11) is 0. The number of rotatable bonds is 8. The molecule has 0 fully saturated rings. The molecule has 7 nitrogen and oxygen atoms in total. The van der Waals surface area contributed by atoms with E-state index in [2.05, 4.69) is 26.4 Å². The van der Waals surface area contributed by atoms with Crippen molar-refractivity contribution in [2.45, 2.75) is 12.4 Å². The van der Waals surface area contributed by atoms with Gasteiger partial charge in [-0.05, 0) is 65.7 Å². The third kappa shape index (κ3) is 8.44. The fourth-order valence-electron chi connectivity index (χ4n) is 3.72. The number of carbonyl (C=O) groups excluding carboxylic acids is 2. The Labute approximate surface area is 251 Å². The smallest absolute Gasteiger partial charge is 0.354 e. The predicted molar refractivity (Wildman–Crippen MR) is 154 cm³/mol. The van der Waals surface area contributed by atoms with Crippen molar-refractivity contribution in [2.24, 2.45) is 10.2 Å². The number of alkyl halides is 6. The van der Waals surface area contributed by atoms with Gasteiger partial charge in [0.25, 0.3) is 11.8 Å². The summed E-state index contributed by atoms with van der Waals surface area (Å²) in [6.45, 7) is 0. The Hall–Kier alpha value is -5.17. The molecule has 0 atom stereocenters. The summed E-state index contributed by atoms with van der Waals surface area (Å²) in [4.78, 5) is 25.8. The lowest BCUT2D eigenvalue weighted by molar-refractivity contribution is -0.138. The SMILES string of the molecule is O=C(N/N=C/c1ccc(C(F)(F)F)cc1)c1ccccc1Nc1cc(Cl)ccc1C(=O)N/N=C/c1ccc(C(F)(F)F)cc1. The minimum atomic E-state index is -4.48. The minimum Gasteiger partial charge on any atom is -0.354 e. The number of nitrogens with one attached hydrogen (secondary N) is 3. The van der Waals surface area contributed by atoms with Crippen LogP contribution in [0.25, 0.3) is 0 Å². The molecule has 0 aliphatic heterocycles. The zero-order valence-corrected chi connectivity index (χ0v) is 22.9. The number of amides is 2. The molecule has 14 heteroatoms. The van der Waals surface area contributed by atoms with Crippen molar-refractivity contribution in [1.29, 1.82) is 0 Å². The van der Waals surface area contributed by atoms with E-state index in [4.69, 9.17) is 11.6 Å². The van der Waals surface area contributed by atoms with Crippen molar-refractivity contribution < 1.29 is 35.9 Å². The van der Waals surface area contributed by atoms with Gasteiger partial charge in [-0.15, -0.1) is 0 Å². The Balaban J connectivity index is 1.45. The summed E-state index contributed by atoms with van der Waals surface area (Å²) in [6, 6.07) is 18.9. The predicted octanol–water partition coefficient (Wildman–Crippen LogP) is 7.65. The number of hydrazone groups is 2. The van der Waals surface area contributed by atoms with Crippen LogP contribution in [0.3, 0.4) is 0 Å². The van der Waals surface area contributed by atoms with Crippen molar-refractivity contribution >= 4 is 47.2 Å². The Kier molecular flexibility index (Phi) is 9.69. The lowest BCUT2D eigenvalue weighted by atomic mass is 10.1. The number of halogens is 7. The van der Waals surface area contributed by atoms with E-state index in [-0.39, 0.29) is 27.5 Å². The molecule has 44 heavy (non-hydrogen) atoms. The molecule has 0 aliphatic carbocycles. The molecule has 3 N–H and O–H groups in total. The van der Waals surface area contributed by atoms with Gasteiger partial charge in [0.1, 0.15) is 0 Å². The highest BCUT2D eigenvalue weighted by Crippen LogP contribution is 2.30. The lowest BCUT2D eigenvalue weighted by Gasteiger charge is -2.14. The van der Waals surface area contributed by atoms with Crippen molar-refractivity contribution in [3.63, 3.8) is 0 Å². The molecule has 0 saturated heterocycles. The van der Waals surface area contributed by atoms with Crippen molar-refractivity contribution in [2.75, 3.05) is 5.32 Å². The van der Waals surface area contributed by atoms with Crippen LogP contribution in [0, 0.1) is 0 Å². The summed E-state index contributed by atoms with van der Waals surface area (Å²) < 4.78 is 76.5. The molecule has 0 unspecified atom stereocenters. The first-order chi connectivity index (χ1) is 20.8. The number of nitrogens with zero attached hydrogens (tertiary/aromatic N) is 2. The molecule has 0 aliphatic rings. The second kappa shape index (κ2) is 13.4. The van der Waals surface area contributed by atoms with Gasteiger partial charge in [-0.25, -0.2) is 10.9 Å². The van der Waals surface area contributed by atoms with Crippen molar-refractivity contribution in [1.82, 2.24) is 10.9 Å². The number of hydrogen-bond donors (Lipinski definition) is 3. The zero-order valence-electron chi connectivity index (χ0n) is 22.2. The van der Waals surface area contributed by atoms with Gasteiger partial charge in [0, 0.05) is 5.02 Å². The fourth-order valence-corrected chi connectivity index (χ4v) is 3.89. The molecule has 0 radical (unpaired) electrons. The highest BCUT2D eigenvalue weighted by Gasteiger charge is 2.30. The largest absolute Gasteiger partial charge is 0.416 e. The van der Waals surface area contributed by atoms with E-state index in [0.717, 1.165) is 24.3 Å². The number of anilines is 2. The normalized spacial score (nSPS) is 12.0. The van der Waals surface area contributed by atoms with E-state index in [1.807, 2.05) is 0 Å². The quantitative estimate of drug-likeness (QED) is 0.106. The van der Waals surface area contributed by atoms with E-state index >= 15 is 0 Å². The first-order valence-corrected chi connectivity index (χ1v) is 12.9. The standard InChI is InChI=1S/C30H20ClF6N5O2/c31-22-13-14-24(28(44)42-39-17-19-7-11-21(12-8-19)30(35,36)37)26(15-22)40-25-4-2-1-3-23(25)27(43)41-38-16-18-5-9-20(10-6-18)29(32,33)34/h1-17,40H,(H,41,43)(H,42,44)/b38-16+,39-17+. The molecule has 0 aromatic heterocycles. The van der Waals surface area contributed by atoms with Gasteiger partial charge in [-0.2, -0.15) is 36.5 Å². The lowest BCUT2D eigenvalue weighted by Crippen LogP contribution is -2.20. The average Bonchev–Trinajstić information content (AvgIpc) is 2.97. The zero-order chi connectivity index (χ0) is 31.9. The molecular weight excluding hydrogens is 612 g/mol. The molecule has 0 saturated carbocycles.